The van der Waals surface area contributed by atoms with E-state index in [2.05, 4.69) is 26.6 Å². The van der Waals surface area contributed by atoms with Gasteiger partial charge in [-0.3, -0.25) is 14.9 Å². The summed E-state index contributed by atoms with van der Waals surface area (Å²) < 4.78 is 31.8. The third-order valence-corrected chi connectivity index (χ3v) is 5.69. The second-order valence-electron chi connectivity index (χ2n) is 5.67. The van der Waals surface area contributed by atoms with Crippen LogP contribution in [0.2, 0.25) is 0 Å². The van der Waals surface area contributed by atoms with Crippen LogP contribution in [0.5, 0.6) is 5.75 Å². The van der Waals surface area contributed by atoms with Crippen molar-refractivity contribution in [3.63, 3.8) is 0 Å². The van der Waals surface area contributed by atoms with Crippen molar-refractivity contribution in [1.82, 2.24) is 10.0 Å². The van der Waals surface area contributed by atoms with E-state index in [4.69, 9.17) is 17.0 Å². The molecule has 0 saturated carbocycles. The molecule has 0 fully saturated rings. The first-order valence-corrected chi connectivity index (χ1v) is 11.0. The summed E-state index contributed by atoms with van der Waals surface area (Å²) in [5.41, 5.74) is 0.839. The van der Waals surface area contributed by atoms with Crippen molar-refractivity contribution in [1.29, 1.82) is 0 Å². The number of hydrogen-bond donors (Lipinski definition) is 3. The van der Waals surface area contributed by atoms with Crippen LogP contribution in [0, 0.1) is 0 Å². The molecule has 0 bridgehead atoms. The normalized spacial score (nSPS) is 10.7. The summed E-state index contributed by atoms with van der Waals surface area (Å²) in [7, 11) is -3.92. The Kier molecular flexibility index (Phi) is 7.71. The number of carbonyl (C=O) groups excluding carboxylic acids is 2. The van der Waals surface area contributed by atoms with Gasteiger partial charge in [-0.2, -0.15) is 0 Å². The monoisotopic (exact) mass is 499 g/mol. The summed E-state index contributed by atoms with van der Waals surface area (Å²) in [5.74, 6) is -0.479. The van der Waals surface area contributed by atoms with Crippen molar-refractivity contribution in [2.75, 3.05) is 11.9 Å². The predicted molar refractivity (Wildman–Crippen MR) is 116 cm³/mol. The zero-order valence-corrected chi connectivity index (χ0v) is 18.7. The summed E-state index contributed by atoms with van der Waals surface area (Å²) in [6.45, 7) is 3.47. The molecule has 2 aromatic carbocycles. The van der Waals surface area contributed by atoms with Gasteiger partial charge in [0, 0.05) is 18.2 Å². The van der Waals surface area contributed by atoms with Crippen LogP contribution in [0.4, 0.5) is 5.69 Å². The van der Waals surface area contributed by atoms with Crippen LogP contribution in [0.3, 0.4) is 0 Å². The number of sulfonamides is 1. The lowest BCUT2D eigenvalue weighted by Crippen LogP contribution is -2.34. The second-order valence-corrected chi connectivity index (χ2v) is 8.62. The van der Waals surface area contributed by atoms with Crippen LogP contribution >= 0.6 is 28.1 Å². The fourth-order valence-electron chi connectivity index (χ4n) is 2.22. The maximum Gasteiger partial charge on any atom is 0.264 e. The molecule has 0 aliphatic rings. The van der Waals surface area contributed by atoms with Gasteiger partial charge in [-0.05, 0) is 77.5 Å². The molecule has 0 unspecified atom stereocenters. The molecule has 0 atom stereocenters. The van der Waals surface area contributed by atoms with E-state index in [1.807, 2.05) is 11.6 Å². The Morgan fingerprint density at radius 1 is 1.14 bits per heavy atom. The Hall–Kier alpha value is -2.50. The first-order chi connectivity index (χ1) is 13.6. The number of thiocarbonyl (C=S) groups is 1. The summed E-state index contributed by atoms with van der Waals surface area (Å²) in [6, 6.07) is 10.4. The van der Waals surface area contributed by atoms with E-state index < -0.39 is 21.8 Å². The van der Waals surface area contributed by atoms with E-state index in [1.165, 1.54) is 24.3 Å². The van der Waals surface area contributed by atoms with Crippen LogP contribution in [0.15, 0.2) is 51.8 Å². The molecule has 2 aromatic rings. The average Bonchev–Trinajstić information content (AvgIpc) is 2.62. The molecule has 2 rings (SSSR count). The van der Waals surface area contributed by atoms with Gasteiger partial charge in [0.15, 0.2) is 5.11 Å². The lowest BCUT2D eigenvalue weighted by atomic mass is 10.2. The second kappa shape index (κ2) is 9.81. The van der Waals surface area contributed by atoms with Gasteiger partial charge in [-0.15, -0.1) is 0 Å². The van der Waals surface area contributed by atoms with E-state index in [1.54, 1.807) is 18.2 Å². The number of anilines is 1. The van der Waals surface area contributed by atoms with E-state index in [-0.39, 0.29) is 10.0 Å². The molecule has 29 heavy (non-hydrogen) atoms. The third-order valence-electron chi connectivity index (χ3n) is 3.42. The van der Waals surface area contributed by atoms with E-state index in [0.29, 0.717) is 28.1 Å². The Labute approximate surface area is 182 Å². The Balaban J connectivity index is 2.01. The molecule has 0 spiro atoms. The molecule has 2 amide bonds. The van der Waals surface area contributed by atoms with Crippen LogP contribution in [0.1, 0.15) is 24.2 Å². The van der Waals surface area contributed by atoms with Gasteiger partial charge in [0.25, 0.3) is 15.9 Å². The highest BCUT2D eigenvalue weighted by Crippen LogP contribution is 2.26. The van der Waals surface area contributed by atoms with Crippen LogP contribution < -0.4 is 20.1 Å². The molecular formula is C18H18BrN3O5S2. The standard InChI is InChI=1S/C18H18BrN3O5S2/c1-3-27-16-9-4-12(10-15(16)19)17(24)21-18(28)20-13-5-7-14(8-6-13)29(25,26)22-11(2)23/h4-10H,3H2,1-2H3,(H,22,23)(H2,20,21,24,28). The summed E-state index contributed by atoms with van der Waals surface area (Å²) in [6.07, 6.45) is 0. The molecular weight excluding hydrogens is 482 g/mol. The molecule has 0 saturated heterocycles. The van der Waals surface area contributed by atoms with Gasteiger partial charge in [0.1, 0.15) is 5.75 Å². The van der Waals surface area contributed by atoms with E-state index in [0.717, 1.165) is 6.92 Å². The minimum Gasteiger partial charge on any atom is -0.493 e. The Morgan fingerprint density at radius 2 is 1.79 bits per heavy atom. The molecule has 3 N–H and O–H groups in total. The highest BCUT2D eigenvalue weighted by molar-refractivity contribution is 9.10. The number of benzene rings is 2. The van der Waals surface area contributed by atoms with Crippen LogP contribution in [0.25, 0.3) is 0 Å². The van der Waals surface area contributed by atoms with Crippen molar-refractivity contribution < 1.29 is 22.7 Å². The Morgan fingerprint density at radius 3 is 2.34 bits per heavy atom. The van der Waals surface area contributed by atoms with Gasteiger partial charge in [-0.1, -0.05) is 0 Å². The van der Waals surface area contributed by atoms with E-state index >= 15 is 0 Å². The first-order valence-electron chi connectivity index (χ1n) is 8.30. The fraction of sp³-hybridized carbons (Fsp3) is 0.167. The van der Waals surface area contributed by atoms with Gasteiger partial charge in [0.2, 0.25) is 5.91 Å². The minimum absolute atomic E-state index is 0.0393. The Bertz CT molecular complexity index is 1040. The highest BCUT2D eigenvalue weighted by atomic mass is 79.9. The van der Waals surface area contributed by atoms with Gasteiger partial charge >= 0.3 is 0 Å². The number of carbonyl (C=O) groups is 2. The minimum atomic E-state index is -3.92. The van der Waals surface area contributed by atoms with E-state index in [9.17, 15) is 18.0 Å². The molecule has 0 heterocycles. The summed E-state index contributed by atoms with van der Waals surface area (Å²) >= 11 is 8.47. The maximum atomic E-state index is 12.3. The molecule has 0 aromatic heterocycles. The molecule has 0 aliphatic heterocycles. The zero-order chi connectivity index (χ0) is 21.6. The first kappa shape index (κ1) is 22.8. The number of rotatable bonds is 6. The lowest BCUT2D eigenvalue weighted by Gasteiger charge is -2.11. The maximum absolute atomic E-state index is 12.3. The number of nitrogens with one attached hydrogen (secondary N) is 3. The van der Waals surface area contributed by atoms with Crippen molar-refractivity contribution in [3.8, 4) is 5.75 Å². The van der Waals surface area contributed by atoms with Gasteiger partial charge < -0.3 is 10.1 Å². The topological polar surface area (TPSA) is 114 Å². The molecule has 0 radical (unpaired) electrons. The lowest BCUT2D eigenvalue weighted by molar-refractivity contribution is -0.117. The van der Waals surface area contributed by atoms with Crippen LogP contribution in [-0.4, -0.2) is 32.0 Å². The highest BCUT2D eigenvalue weighted by Gasteiger charge is 2.15. The largest absolute Gasteiger partial charge is 0.493 e. The molecule has 154 valence electrons. The van der Waals surface area contributed by atoms with Gasteiger partial charge in [0.05, 0.1) is 16.0 Å². The third kappa shape index (κ3) is 6.51. The van der Waals surface area contributed by atoms with Crippen molar-refractivity contribution >= 4 is 60.8 Å². The van der Waals surface area contributed by atoms with Crippen molar-refractivity contribution in [2.24, 2.45) is 0 Å². The average molecular weight is 500 g/mol. The quantitative estimate of drug-likeness (QED) is 0.523. The van der Waals surface area contributed by atoms with Crippen LogP contribution in [-0.2, 0) is 14.8 Å². The zero-order valence-electron chi connectivity index (χ0n) is 15.5. The predicted octanol–water partition coefficient (Wildman–Crippen LogP) is 2.80. The van der Waals surface area contributed by atoms with Crippen molar-refractivity contribution in [2.45, 2.75) is 18.7 Å². The fourth-order valence-corrected chi connectivity index (χ4v) is 3.91. The summed E-state index contributed by atoms with van der Waals surface area (Å²) in [5, 5.41) is 5.37. The number of halogens is 1. The smallest absolute Gasteiger partial charge is 0.264 e. The SMILES string of the molecule is CCOc1ccc(C(=O)NC(=S)Nc2ccc(S(=O)(=O)NC(C)=O)cc2)cc1Br. The number of ether oxygens (including phenoxy) is 1. The number of amides is 2. The summed E-state index contributed by atoms with van der Waals surface area (Å²) in [4.78, 5) is 23.2. The molecule has 8 nitrogen and oxygen atoms in total. The van der Waals surface area contributed by atoms with Crippen molar-refractivity contribution in [3.05, 3.63) is 52.5 Å². The number of hydrogen-bond acceptors (Lipinski definition) is 6. The van der Waals surface area contributed by atoms with Gasteiger partial charge in [-0.25, -0.2) is 13.1 Å². The molecule has 0 aliphatic carbocycles. The molecule has 11 heteroatoms.